The van der Waals surface area contributed by atoms with E-state index in [2.05, 4.69) is 0 Å². The molecule has 0 aliphatic carbocycles. The average molecular weight is 459 g/mol. The van der Waals surface area contributed by atoms with Crippen LogP contribution in [0.2, 0.25) is 0 Å². The van der Waals surface area contributed by atoms with Gasteiger partial charge in [-0.2, -0.15) is 0 Å². The van der Waals surface area contributed by atoms with Gasteiger partial charge in [0.2, 0.25) is 11.5 Å². The van der Waals surface area contributed by atoms with Crippen LogP contribution in [0.4, 0.5) is 0 Å². The van der Waals surface area contributed by atoms with Gasteiger partial charge in [-0.1, -0.05) is 48.5 Å². The minimum Gasteiger partial charge on any atom is -0.504 e. The van der Waals surface area contributed by atoms with Crippen molar-refractivity contribution in [1.29, 1.82) is 0 Å². The highest BCUT2D eigenvalue weighted by Gasteiger charge is 2.23. The van der Waals surface area contributed by atoms with Crippen molar-refractivity contribution in [1.82, 2.24) is 0 Å². The molecule has 4 aromatic carbocycles. The van der Waals surface area contributed by atoms with Gasteiger partial charge in [-0.05, 0) is 0 Å². The average Bonchev–Trinajstić information content (AvgIpc) is 2.80. The molecule has 9 heteroatoms. The van der Waals surface area contributed by atoms with Crippen LogP contribution in [0.1, 0.15) is 0 Å². The van der Waals surface area contributed by atoms with Gasteiger partial charge in [0.25, 0.3) is 0 Å². The molecule has 0 spiro atoms. The molecule has 0 aliphatic rings. The number of hydrogen-bond donors (Lipinski definition) is 4. The van der Waals surface area contributed by atoms with E-state index in [9.17, 15) is 20.4 Å². The minimum atomic E-state index is -0.386. The molecule has 0 radical (unpaired) electrons. The summed E-state index contributed by atoms with van der Waals surface area (Å²) in [4.78, 5) is 0.930. The number of phenolic OH excluding ortho intramolecular Hbond substituents is 4. The fourth-order valence-electron chi connectivity index (χ4n) is 3.33. The number of methoxy groups -OCH3 is 2. The summed E-state index contributed by atoms with van der Waals surface area (Å²) >= 11 is 1.85. The van der Waals surface area contributed by atoms with E-state index in [-0.39, 0.29) is 34.5 Å². The summed E-state index contributed by atoms with van der Waals surface area (Å²) < 4.78 is 16.4. The van der Waals surface area contributed by atoms with Crippen LogP contribution in [-0.4, -0.2) is 34.6 Å². The SMILES string of the molecule is COc1c(O)c(O)c2ccccc2c1SOSc1c(OC)c(O)c(O)c2ccccc12. The van der Waals surface area contributed by atoms with Gasteiger partial charge in [-0.25, -0.2) is 3.63 Å². The zero-order valence-electron chi connectivity index (χ0n) is 16.4. The fourth-order valence-corrected chi connectivity index (χ4v) is 5.06. The third-order valence-corrected chi connectivity index (χ3v) is 6.48. The summed E-state index contributed by atoms with van der Waals surface area (Å²) in [5, 5.41) is 43.4. The van der Waals surface area contributed by atoms with Crippen molar-refractivity contribution in [2.24, 2.45) is 0 Å². The Hall–Kier alpha value is -3.14. The van der Waals surface area contributed by atoms with Gasteiger partial charge in [-0.15, -0.1) is 0 Å². The fraction of sp³-hybridized carbons (Fsp3) is 0.0909. The highest BCUT2D eigenvalue weighted by Crippen LogP contribution is 2.53. The summed E-state index contributed by atoms with van der Waals surface area (Å²) in [7, 11) is 2.77. The Morgan fingerprint density at radius 3 is 1.26 bits per heavy atom. The second-order valence-electron chi connectivity index (χ2n) is 6.45. The lowest BCUT2D eigenvalue weighted by atomic mass is 10.1. The Bertz CT molecular complexity index is 1190. The summed E-state index contributed by atoms with van der Waals surface area (Å²) in [6, 6.07) is 14.0. The van der Waals surface area contributed by atoms with Gasteiger partial charge in [0.05, 0.1) is 24.0 Å². The normalized spacial score (nSPS) is 11.2. The van der Waals surface area contributed by atoms with Crippen LogP contribution in [0, 0.1) is 0 Å². The number of hydrogen-bond acceptors (Lipinski definition) is 9. The lowest BCUT2D eigenvalue weighted by molar-refractivity contribution is 0.346. The largest absolute Gasteiger partial charge is 0.504 e. The Balaban J connectivity index is 1.75. The van der Waals surface area contributed by atoms with Gasteiger partial charge in [0.15, 0.2) is 23.0 Å². The van der Waals surface area contributed by atoms with Crippen LogP contribution in [0.5, 0.6) is 34.5 Å². The highest BCUT2D eigenvalue weighted by molar-refractivity contribution is 8.08. The van der Waals surface area contributed by atoms with Crippen molar-refractivity contribution in [2.75, 3.05) is 14.2 Å². The predicted molar refractivity (Wildman–Crippen MR) is 120 cm³/mol. The molecule has 160 valence electrons. The van der Waals surface area contributed by atoms with E-state index in [4.69, 9.17) is 13.1 Å². The third-order valence-electron chi connectivity index (χ3n) is 4.79. The minimum absolute atomic E-state index is 0.0761. The second-order valence-corrected chi connectivity index (χ2v) is 8.14. The second kappa shape index (κ2) is 8.54. The molecule has 0 bridgehead atoms. The van der Waals surface area contributed by atoms with Gasteiger partial charge >= 0.3 is 0 Å². The first kappa shape index (κ1) is 21.1. The van der Waals surface area contributed by atoms with E-state index in [0.29, 0.717) is 31.3 Å². The van der Waals surface area contributed by atoms with Crippen LogP contribution in [0.3, 0.4) is 0 Å². The molecule has 4 N–H and O–H groups in total. The van der Waals surface area contributed by atoms with Crippen LogP contribution in [-0.2, 0) is 3.63 Å². The molecule has 0 atom stereocenters. The molecular formula is C22H18O7S2. The molecule has 0 amide bonds. The van der Waals surface area contributed by atoms with Crippen LogP contribution < -0.4 is 9.47 Å². The van der Waals surface area contributed by atoms with Crippen LogP contribution in [0.15, 0.2) is 58.3 Å². The van der Waals surface area contributed by atoms with E-state index in [1.165, 1.54) is 14.2 Å². The van der Waals surface area contributed by atoms with Crippen LogP contribution in [0.25, 0.3) is 21.5 Å². The Morgan fingerprint density at radius 1 is 0.548 bits per heavy atom. The topological polar surface area (TPSA) is 109 Å². The molecule has 0 aliphatic heterocycles. The van der Waals surface area contributed by atoms with Gasteiger partial charge in [-0.3, -0.25) is 0 Å². The molecule has 31 heavy (non-hydrogen) atoms. The van der Waals surface area contributed by atoms with Crippen molar-refractivity contribution < 1.29 is 33.5 Å². The van der Waals surface area contributed by atoms with E-state index in [1.807, 2.05) is 0 Å². The monoisotopic (exact) mass is 458 g/mol. The molecule has 7 nitrogen and oxygen atoms in total. The number of ether oxygens (including phenoxy) is 2. The molecule has 0 fully saturated rings. The van der Waals surface area contributed by atoms with Gasteiger partial charge in [0, 0.05) is 45.6 Å². The maximum atomic E-state index is 10.4. The predicted octanol–water partition coefficient (Wildman–Crippen LogP) is 5.56. The third kappa shape index (κ3) is 3.50. The van der Waals surface area contributed by atoms with Crippen LogP contribution >= 0.6 is 24.1 Å². The summed E-state index contributed by atoms with van der Waals surface area (Å²) in [6.45, 7) is 0. The smallest absolute Gasteiger partial charge is 0.202 e. The molecular weight excluding hydrogens is 440 g/mol. The molecule has 0 heterocycles. The summed E-state index contributed by atoms with van der Waals surface area (Å²) in [5.41, 5.74) is 0. The lowest BCUT2D eigenvalue weighted by Gasteiger charge is -2.16. The van der Waals surface area contributed by atoms with Crippen molar-refractivity contribution in [2.45, 2.75) is 9.79 Å². The number of phenols is 4. The first-order valence-corrected chi connectivity index (χ1v) is 10.5. The van der Waals surface area contributed by atoms with Crippen molar-refractivity contribution in [3.63, 3.8) is 0 Å². The summed E-state index contributed by atoms with van der Waals surface area (Å²) in [6.07, 6.45) is 0. The Kier molecular flexibility index (Phi) is 5.81. The molecule has 0 aromatic heterocycles. The maximum absolute atomic E-state index is 10.4. The summed E-state index contributed by atoms with van der Waals surface area (Å²) in [5.74, 6) is -1.18. The number of fused-ring (bicyclic) bond motifs is 2. The lowest BCUT2D eigenvalue weighted by Crippen LogP contribution is -1.92. The molecule has 4 rings (SSSR count). The van der Waals surface area contributed by atoms with E-state index >= 15 is 0 Å². The number of rotatable bonds is 6. The zero-order chi connectivity index (χ0) is 22.1. The standard InChI is InChI=1S/C22H18O7S2/c1-27-19-17(25)15(23)11-7-3-5-9-13(11)21(19)30-29-31-22-14-10-6-4-8-12(14)16(24)18(26)20(22)28-2/h3-10,23-26H,1-2H3. The highest BCUT2D eigenvalue weighted by atomic mass is 32.2. The van der Waals surface area contributed by atoms with Crippen molar-refractivity contribution >= 4 is 45.6 Å². The molecule has 4 aromatic rings. The van der Waals surface area contributed by atoms with Gasteiger partial charge in [0.1, 0.15) is 0 Å². The molecule has 0 saturated carbocycles. The zero-order valence-corrected chi connectivity index (χ0v) is 18.1. The van der Waals surface area contributed by atoms with Crippen molar-refractivity contribution in [3.8, 4) is 34.5 Å². The maximum Gasteiger partial charge on any atom is 0.202 e. The van der Waals surface area contributed by atoms with Gasteiger partial charge < -0.3 is 29.9 Å². The van der Waals surface area contributed by atoms with E-state index in [0.717, 1.165) is 24.1 Å². The number of aromatic hydroxyl groups is 4. The first-order chi connectivity index (χ1) is 15.0. The molecule has 0 saturated heterocycles. The molecule has 0 unspecified atom stereocenters. The Labute approximate surface area is 186 Å². The van der Waals surface area contributed by atoms with Crippen molar-refractivity contribution in [3.05, 3.63) is 48.5 Å². The quantitative estimate of drug-likeness (QED) is 0.218. The van der Waals surface area contributed by atoms with E-state index < -0.39 is 0 Å². The Morgan fingerprint density at radius 2 is 0.903 bits per heavy atom. The van der Waals surface area contributed by atoms with E-state index in [1.54, 1.807) is 48.5 Å². The first-order valence-electron chi connectivity index (χ1n) is 9.02. The number of benzene rings is 4.